The van der Waals surface area contributed by atoms with Crippen LogP contribution in [0.25, 0.3) is 20.9 Å². The number of rotatable bonds is 2. The highest BCUT2D eigenvalue weighted by Gasteiger charge is 2.07. The monoisotopic (exact) mass is 287 g/mol. The van der Waals surface area contributed by atoms with Crippen LogP contribution in [0.5, 0.6) is 0 Å². The molecule has 3 aromatic rings. The van der Waals surface area contributed by atoms with E-state index in [9.17, 15) is 0 Å². The third-order valence-electron chi connectivity index (χ3n) is 2.78. The van der Waals surface area contributed by atoms with Crippen LogP contribution >= 0.6 is 22.7 Å². The second kappa shape index (κ2) is 4.60. The Morgan fingerprint density at radius 1 is 0.632 bits per heavy atom. The molecule has 0 radical (unpaired) electrons. The van der Waals surface area contributed by atoms with Crippen molar-refractivity contribution in [3.63, 3.8) is 0 Å². The van der Waals surface area contributed by atoms with Crippen LogP contribution in [0, 0.1) is 0 Å². The SMILES string of the molecule is Nc1cc(-c2ccc(N)s2)cc(-c2ccc(N)s2)c1. The molecule has 0 spiro atoms. The molecular weight excluding hydrogens is 274 g/mol. The molecule has 3 nitrogen and oxygen atoms in total. The van der Waals surface area contributed by atoms with Crippen LogP contribution in [0.3, 0.4) is 0 Å². The lowest BCUT2D eigenvalue weighted by Gasteiger charge is -2.04. The molecule has 0 atom stereocenters. The Morgan fingerprint density at radius 2 is 1.11 bits per heavy atom. The maximum atomic E-state index is 5.99. The van der Waals surface area contributed by atoms with E-state index < -0.39 is 0 Å². The molecule has 5 heteroatoms. The third-order valence-corrected chi connectivity index (χ3v) is 4.70. The van der Waals surface area contributed by atoms with Crippen molar-refractivity contribution in [1.29, 1.82) is 0 Å². The standard InChI is InChI=1S/C14H13N3S2/c15-10-6-8(11-1-3-13(16)18-11)5-9(7-10)12-2-4-14(17)19-12/h1-7H,15-17H2. The van der Waals surface area contributed by atoms with Crippen molar-refractivity contribution in [3.05, 3.63) is 42.5 Å². The van der Waals surface area contributed by atoms with Crippen molar-refractivity contribution in [1.82, 2.24) is 0 Å². The summed E-state index contributed by atoms with van der Waals surface area (Å²) in [4.78, 5) is 2.24. The molecule has 0 saturated heterocycles. The van der Waals surface area contributed by atoms with Gasteiger partial charge in [-0.25, -0.2) is 0 Å². The van der Waals surface area contributed by atoms with Gasteiger partial charge in [-0.2, -0.15) is 0 Å². The van der Waals surface area contributed by atoms with Crippen LogP contribution in [-0.4, -0.2) is 0 Å². The summed E-state index contributed by atoms with van der Waals surface area (Å²) in [7, 11) is 0. The molecule has 0 bridgehead atoms. The van der Waals surface area contributed by atoms with Crippen LogP contribution in [0.1, 0.15) is 0 Å². The topological polar surface area (TPSA) is 78.1 Å². The molecule has 96 valence electrons. The molecule has 0 aliphatic carbocycles. The van der Waals surface area contributed by atoms with Gasteiger partial charge in [-0.15, -0.1) is 22.7 Å². The molecule has 0 aliphatic rings. The van der Waals surface area contributed by atoms with Crippen LogP contribution in [-0.2, 0) is 0 Å². The molecule has 0 saturated carbocycles. The molecule has 0 amide bonds. The average molecular weight is 287 g/mol. The van der Waals surface area contributed by atoms with E-state index in [2.05, 4.69) is 6.07 Å². The summed E-state index contributed by atoms with van der Waals surface area (Å²) in [5.41, 5.74) is 20.5. The number of benzene rings is 1. The Balaban J connectivity index is 2.10. The lowest BCUT2D eigenvalue weighted by Crippen LogP contribution is -1.86. The van der Waals surface area contributed by atoms with Gasteiger partial charge in [0.05, 0.1) is 10.0 Å². The van der Waals surface area contributed by atoms with E-state index in [-0.39, 0.29) is 0 Å². The first-order valence-corrected chi connectivity index (χ1v) is 7.37. The maximum absolute atomic E-state index is 5.99. The Bertz CT molecular complexity index is 669. The molecular formula is C14H13N3S2. The van der Waals surface area contributed by atoms with Gasteiger partial charge < -0.3 is 17.2 Å². The van der Waals surface area contributed by atoms with E-state index in [0.29, 0.717) is 0 Å². The summed E-state index contributed by atoms with van der Waals surface area (Å²) in [6, 6.07) is 13.9. The van der Waals surface area contributed by atoms with E-state index in [1.165, 1.54) is 0 Å². The molecule has 2 heterocycles. The van der Waals surface area contributed by atoms with Gasteiger partial charge in [0, 0.05) is 15.4 Å². The summed E-state index contributed by atoms with van der Waals surface area (Å²) in [5.74, 6) is 0. The highest BCUT2D eigenvalue weighted by Crippen LogP contribution is 2.36. The molecule has 19 heavy (non-hydrogen) atoms. The maximum Gasteiger partial charge on any atom is 0.0862 e. The van der Waals surface area contributed by atoms with Gasteiger partial charge in [0.2, 0.25) is 0 Å². The zero-order valence-electron chi connectivity index (χ0n) is 10.1. The van der Waals surface area contributed by atoms with Crippen molar-refractivity contribution < 1.29 is 0 Å². The second-order valence-electron chi connectivity index (χ2n) is 4.25. The fraction of sp³-hybridized carbons (Fsp3) is 0. The smallest absolute Gasteiger partial charge is 0.0862 e. The minimum absolute atomic E-state index is 0.742. The first kappa shape index (κ1) is 12.1. The first-order chi connectivity index (χ1) is 9.11. The van der Waals surface area contributed by atoms with Crippen molar-refractivity contribution in [3.8, 4) is 20.9 Å². The second-order valence-corrected chi connectivity index (χ2v) is 6.48. The number of nitrogen functional groups attached to an aromatic ring is 3. The van der Waals surface area contributed by atoms with Gasteiger partial charge in [0.1, 0.15) is 0 Å². The lowest BCUT2D eigenvalue weighted by molar-refractivity contribution is 1.67. The fourth-order valence-corrected chi connectivity index (χ4v) is 3.48. The minimum atomic E-state index is 0.742. The summed E-state index contributed by atoms with van der Waals surface area (Å²) in [6.45, 7) is 0. The number of nitrogens with two attached hydrogens (primary N) is 3. The van der Waals surface area contributed by atoms with Gasteiger partial charge in [-0.05, 0) is 53.6 Å². The number of thiophene rings is 2. The number of hydrogen-bond donors (Lipinski definition) is 3. The van der Waals surface area contributed by atoms with Crippen LogP contribution in [0.4, 0.5) is 15.7 Å². The van der Waals surface area contributed by atoms with E-state index in [1.54, 1.807) is 22.7 Å². The molecule has 2 aromatic heterocycles. The van der Waals surface area contributed by atoms with Gasteiger partial charge in [-0.3, -0.25) is 0 Å². The largest absolute Gasteiger partial charge is 0.399 e. The van der Waals surface area contributed by atoms with E-state index in [0.717, 1.165) is 36.6 Å². The molecule has 6 N–H and O–H groups in total. The van der Waals surface area contributed by atoms with Gasteiger partial charge in [0.25, 0.3) is 0 Å². The molecule has 0 fully saturated rings. The lowest BCUT2D eigenvalue weighted by atomic mass is 10.1. The predicted octanol–water partition coefficient (Wildman–Crippen LogP) is 3.89. The Hall–Kier alpha value is -1.98. The molecule has 3 rings (SSSR count). The number of hydrogen-bond acceptors (Lipinski definition) is 5. The van der Waals surface area contributed by atoms with Crippen LogP contribution in [0.15, 0.2) is 42.5 Å². The zero-order valence-corrected chi connectivity index (χ0v) is 11.7. The van der Waals surface area contributed by atoms with Crippen LogP contribution < -0.4 is 17.2 Å². The summed E-state index contributed by atoms with van der Waals surface area (Å²) >= 11 is 3.12. The van der Waals surface area contributed by atoms with Gasteiger partial charge >= 0.3 is 0 Å². The third kappa shape index (κ3) is 2.43. The first-order valence-electron chi connectivity index (χ1n) is 5.74. The molecule has 0 unspecified atom stereocenters. The fourth-order valence-electron chi connectivity index (χ4n) is 1.95. The Morgan fingerprint density at radius 3 is 1.47 bits per heavy atom. The molecule has 0 aliphatic heterocycles. The van der Waals surface area contributed by atoms with E-state index in [4.69, 9.17) is 17.2 Å². The molecule has 1 aromatic carbocycles. The van der Waals surface area contributed by atoms with Crippen molar-refractivity contribution in [2.75, 3.05) is 17.2 Å². The van der Waals surface area contributed by atoms with Gasteiger partial charge in [0.15, 0.2) is 0 Å². The zero-order chi connectivity index (χ0) is 13.4. The van der Waals surface area contributed by atoms with Crippen molar-refractivity contribution in [2.24, 2.45) is 0 Å². The highest BCUT2D eigenvalue weighted by atomic mass is 32.1. The summed E-state index contributed by atoms with van der Waals surface area (Å²) in [6.07, 6.45) is 0. The quantitative estimate of drug-likeness (QED) is 0.626. The average Bonchev–Trinajstić information content (AvgIpc) is 2.97. The Labute approximate surface area is 119 Å². The summed E-state index contributed by atoms with van der Waals surface area (Å²) < 4.78 is 0. The highest BCUT2D eigenvalue weighted by molar-refractivity contribution is 7.19. The van der Waals surface area contributed by atoms with Crippen LogP contribution in [0.2, 0.25) is 0 Å². The Kier molecular flexibility index (Phi) is 2.93. The number of anilines is 3. The van der Waals surface area contributed by atoms with Crippen molar-refractivity contribution >= 4 is 38.4 Å². The van der Waals surface area contributed by atoms with E-state index in [1.807, 2.05) is 36.4 Å². The minimum Gasteiger partial charge on any atom is -0.399 e. The normalized spacial score (nSPS) is 10.7. The van der Waals surface area contributed by atoms with Gasteiger partial charge in [-0.1, -0.05) is 0 Å². The van der Waals surface area contributed by atoms with E-state index >= 15 is 0 Å². The summed E-state index contributed by atoms with van der Waals surface area (Å²) in [5, 5.41) is 1.61. The predicted molar refractivity (Wildman–Crippen MR) is 86.3 cm³/mol. The van der Waals surface area contributed by atoms with Crippen molar-refractivity contribution in [2.45, 2.75) is 0 Å².